The van der Waals surface area contributed by atoms with E-state index in [2.05, 4.69) is 30.6 Å². The number of nitrogens with zero attached hydrogens (tertiary/aromatic N) is 4. The van der Waals surface area contributed by atoms with E-state index in [1.54, 1.807) is 18.6 Å². The van der Waals surface area contributed by atoms with Crippen molar-refractivity contribution >= 4 is 40.2 Å². The topological polar surface area (TPSA) is 122 Å². The van der Waals surface area contributed by atoms with E-state index in [1.807, 2.05) is 18.2 Å². The largest absolute Gasteiger partial charge is 0.463 e. The minimum absolute atomic E-state index is 0.00168. The summed E-state index contributed by atoms with van der Waals surface area (Å²) in [6.45, 7) is 0.623. The summed E-state index contributed by atoms with van der Waals surface area (Å²) in [5.41, 5.74) is 1.39. The van der Waals surface area contributed by atoms with Gasteiger partial charge in [-0.25, -0.2) is 19.9 Å². The number of esters is 1. The second kappa shape index (κ2) is 11.2. The number of rotatable bonds is 9. The highest BCUT2D eigenvalue weighted by Crippen LogP contribution is 2.27. The molecule has 1 saturated carbocycles. The van der Waals surface area contributed by atoms with E-state index in [0.29, 0.717) is 28.6 Å². The van der Waals surface area contributed by atoms with Gasteiger partial charge >= 0.3 is 5.97 Å². The summed E-state index contributed by atoms with van der Waals surface area (Å²) >= 11 is 6.18. The van der Waals surface area contributed by atoms with Gasteiger partial charge in [0.05, 0.1) is 13.0 Å². The third kappa shape index (κ3) is 6.49. The molecule has 10 heteroatoms. The Labute approximate surface area is 197 Å². The number of nitrogens with one attached hydrogen (secondary N) is 2. The van der Waals surface area contributed by atoms with Gasteiger partial charge in [-0.15, -0.1) is 0 Å². The van der Waals surface area contributed by atoms with Crippen LogP contribution >= 0.6 is 11.6 Å². The Balaban J connectivity index is 1.20. The van der Waals surface area contributed by atoms with Crippen molar-refractivity contribution in [1.82, 2.24) is 19.9 Å². The molecule has 0 unspecified atom stereocenters. The fourth-order valence-corrected chi connectivity index (χ4v) is 4.17. The molecule has 0 saturated heterocycles. The third-order valence-electron chi connectivity index (χ3n) is 5.72. The first-order chi connectivity index (χ1) is 16.1. The molecule has 3 aromatic rings. The molecule has 1 fully saturated rings. The summed E-state index contributed by atoms with van der Waals surface area (Å²) in [7, 11) is 0. The number of aliphatic hydroxyl groups excluding tert-OH is 1. The molecule has 0 atom stereocenters. The second-order valence-corrected chi connectivity index (χ2v) is 8.51. The summed E-state index contributed by atoms with van der Waals surface area (Å²) in [5.74, 6) is 1.52. The fourth-order valence-electron chi connectivity index (χ4n) is 3.96. The monoisotopic (exact) mass is 470 g/mol. The Hall–Kier alpha value is -3.04. The van der Waals surface area contributed by atoms with Crippen LogP contribution < -0.4 is 10.6 Å². The van der Waals surface area contributed by atoms with E-state index in [4.69, 9.17) is 21.4 Å². The molecule has 4 rings (SSSR count). The quantitative estimate of drug-likeness (QED) is 0.319. The maximum atomic E-state index is 11.6. The number of ether oxygens (including phenoxy) is 1. The van der Waals surface area contributed by atoms with E-state index in [0.717, 1.165) is 48.9 Å². The van der Waals surface area contributed by atoms with Gasteiger partial charge in [0.15, 0.2) is 5.15 Å². The van der Waals surface area contributed by atoms with Crippen molar-refractivity contribution in [2.24, 2.45) is 5.92 Å². The molecule has 0 radical (unpaired) electrons. The zero-order valence-electron chi connectivity index (χ0n) is 18.2. The maximum Gasteiger partial charge on any atom is 0.310 e. The second-order valence-electron chi connectivity index (χ2n) is 8.15. The molecule has 1 aliphatic rings. The Morgan fingerprint density at radius 3 is 2.67 bits per heavy atom. The average molecular weight is 471 g/mol. The lowest BCUT2D eigenvalue weighted by atomic mass is 9.86. The zero-order chi connectivity index (χ0) is 23.0. The minimum atomic E-state index is -0.405. The van der Waals surface area contributed by atoms with Gasteiger partial charge < -0.3 is 20.5 Å². The predicted molar refractivity (Wildman–Crippen MR) is 126 cm³/mol. The van der Waals surface area contributed by atoms with Gasteiger partial charge in [0, 0.05) is 42.1 Å². The molecule has 0 aliphatic heterocycles. The first-order valence-electron chi connectivity index (χ1n) is 11.1. The first kappa shape index (κ1) is 23.1. The Morgan fingerprint density at radius 1 is 1.12 bits per heavy atom. The molecule has 0 aromatic carbocycles. The molecule has 0 amide bonds. The van der Waals surface area contributed by atoms with Crippen LogP contribution in [0.15, 0.2) is 36.8 Å². The zero-order valence-corrected chi connectivity index (χ0v) is 19.0. The number of pyridine rings is 2. The normalized spacial score (nSPS) is 18.1. The van der Waals surface area contributed by atoms with Crippen LogP contribution in [-0.4, -0.2) is 56.8 Å². The van der Waals surface area contributed by atoms with Gasteiger partial charge in [-0.3, -0.25) is 4.79 Å². The van der Waals surface area contributed by atoms with Crippen LogP contribution in [0.25, 0.3) is 10.9 Å². The number of carbonyl (C=O) groups excluding carboxylic acids is 1. The molecule has 33 heavy (non-hydrogen) atoms. The van der Waals surface area contributed by atoms with Crippen LogP contribution in [0.2, 0.25) is 5.15 Å². The lowest BCUT2D eigenvalue weighted by Crippen LogP contribution is -2.29. The molecule has 3 heterocycles. The Bertz CT molecular complexity index is 1070. The van der Waals surface area contributed by atoms with E-state index in [1.165, 1.54) is 0 Å². The summed E-state index contributed by atoms with van der Waals surface area (Å²) in [6, 6.07) is 6.28. The molecule has 3 aromatic heterocycles. The molecule has 174 valence electrons. The molecule has 9 nitrogen and oxygen atoms in total. The van der Waals surface area contributed by atoms with Crippen molar-refractivity contribution in [3.05, 3.63) is 47.5 Å². The minimum Gasteiger partial charge on any atom is -0.463 e. The van der Waals surface area contributed by atoms with Gasteiger partial charge in [-0.2, -0.15) is 0 Å². The molecule has 1 aliphatic carbocycles. The van der Waals surface area contributed by atoms with Gasteiger partial charge in [-0.05, 0) is 49.8 Å². The van der Waals surface area contributed by atoms with Crippen molar-refractivity contribution in [2.75, 3.05) is 30.4 Å². The Morgan fingerprint density at radius 2 is 1.91 bits per heavy atom. The number of aliphatic hydroxyl groups is 1. The van der Waals surface area contributed by atoms with Crippen LogP contribution in [-0.2, 0) is 16.0 Å². The SMILES string of the molecule is O=C(Cc1cnc(NCC2CCC(Nc3ccc4ccnc(Cl)c4n3)CC2)nc1)OCCO. The van der Waals surface area contributed by atoms with Crippen molar-refractivity contribution in [3.63, 3.8) is 0 Å². The average Bonchev–Trinajstić information content (AvgIpc) is 2.84. The van der Waals surface area contributed by atoms with Crippen molar-refractivity contribution < 1.29 is 14.6 Å². The lowest BCUT2D eigenvalue weighted by Gasteiger charge is -2.29. The number of hydrogen-bond donors (Lipinski definition) is 3. The molecule has 0 bridgehead atoms. The van der Waals surface area contributed by atoms with Gasteiger partial charge in [0.2, 0.25) is 5.95 Å². The van der Waals surface area contributed by atoms with Crippen molar-refractivity contribution in [2.45, 2.75) is 38.1 Å². The number of aromatic nitrogens is 4. The smallest absolute Gasteiger partial charge is 0.310 e. The summed E-state index contributed by atoms with van der Waals surface area (Å²) in [6.07, 6.45) is 9.32. The van der Waals surface area contributed by atoms with Crippen LogP contribution in [0.1, 0.15) is 31.2 Å². The third-order valence-corrected chi connectivity index (χ3v) is 6.00. The van der Waals surface area contributed by atoms with E-state index < -0.39 is 5.97 Å². The predicted octanol–water partition coefficient (Wildman–Crippen LogP) is 3.23. The highest BCUT2D eigenvalue weighted by molar-refractivity contribution is 6.33. The van der Waals surface area contributed by atoms with E-state index in [-0.39, 0.29) is 19.6 Å². The standard InChI is InChI=1S/C23H27ClN6O3/c24-22-21-17(7-8-25-22)3-6-19(30-21)29-18-4-1-15(2-5-18)12-26-23-27-13-16(14-28-23)11-20(32)33-10-9-31/h3,6-8,13-15,18,31H,1-2,4-5,9-12H2,(H,29,30)(H,26,27,28). The molecular formula is C23H27ClN6O3. The summed E-state index contributed by atoms with van der Waals surface area (Å²) in [5, 5.41) is 16.9. The highest BCUT2D eigenvalue weighted by atomic mass is 35.5. The van der Waals surface area contributed by atoms with Gasteiger partial charge in [-0.1, -0.05) is 11.6 Å². The van der Waals surface area contributed by atoms with Gasteiger partial charge in [0.1, 0.15) is 17.9 Å². The number of carbonyl (C=O) groups is 1. The van der Waals surface area contributed by atoms with Crippen LogP contribution in [0.4, 0.5) is 11.8 Å². The maximum absolute atomic E-state index is 11.6. The highest BCUT2D eigenvalue weighted by Gasteiger charge is 2.21. The van der Waals surface area contributed by atoms with Gasteiger partial charge in [0.25, 0.3) is 0 Å². The number of anilines is 2. The van der Waals surface area contributed by atoms with E-state index >= 15 is 0 Å². The van der Waals surface area contributed by atoms with Crippen LogP contribution in [0, 0.1) is 5.92 Å². The fraction of sp³-hybridized carbons (Fsp3) is 0.435. The van der Waals surface area contributed by atoms with Crippen molar-refractivity contribution in [3.8, 4) is 0 Å². The molecule has 0 spiro atoms. The molecular weight excluding hydrogens is 444 g/mol. The molecule has 3 N–H and O–H groups in total. The summed E-state index contributed by atoms with van der Waals surface area (Å²) in [4.78, 5) is 28.9. The number of fused-ring (bicyclic) bond motifs is 1. The number of hydrogen-bond acceptors (Lipinski definition) is 9. The van der Waals surface area contributed by atoms with Crippen molar-refractivity contribution in [1.29, 1.82) is 0 Å². The Kier molecular flexibility index (Phi) is 7.85. The van der Waals surface area contributed by atoms with E-state index in [9.17, 15) is 4.79 Å². The summed E-state index contributed by atoms with van der Waals surface area (Å²) < 4.78 is 4.84. The van der Waals surface area contributed by atoms with Crippen LogP contribution in [0.5, 0.6) is 0 Å². The number of halogens is 1. The lowest BCUT2D eigenvalue weighted by molar-refractivity contribution is -0.143. The van der Waals surface area contributed by atoms with Crippen LogP contribution in [0.3, 0.4) is 0 Å². The first-order valence-corrected chi connectivity index (χ1v) is 11.5.